The summed E-state index contributed by atoms with van der Waals surface area (Å²) in [6.45, 7) is 0. The Labute approximate surface area is 189 Å². The lowest BCUT2D eigenvalue weighted by molar-refractivity contribution is -0.112. The number of halogens is 2. The number of hydrogen-bond acceptors (Lipinski definition) is 5. The molecule has 0 aliphatic carbocycles. The standard InChI is InChI=1S/C22H14Cl2N2O4S/c23-17-6-10-21(11-7-17)31(28,29)30-20-8-4-15(5-9-20)12-16(14-25)22(27)26-19-3-1-2-18(24)13-19/h1-13H,(H,26,27)/b16-12+. The van der Waals surface area contributed by atoms with Crippen molar-refractivity contribution >= 4 is 51.0 Å². The number of amides is 1. The van der Waals surface area contributed by atoms with Crippen molar-refractivity contribution in [3.63, 3.8) is 0 Å². The fraction of sp³-hybridized carbons (Fsp3) is 0. The molecule has 3 rings (SSSR count). The van der Waals surface area contributed by atoms with Crippen LogP contribution in [0.25, 0.3) is 6.08 Å². The smallest absolute Gasteiger partial charge is 0.339 e. The van der Waals surface area contributed by atoms with Crippen LogP contribution in [-0.4, -0.2) is 14.3 Å². The van der Waals surface area contributed by atoms with E-state index in [0.29, 0.717) is 21.3 Å². The molecule has 0 atom stereocenters. The molecule has 31 heavy (non-hydrogen) atoms. The number of nitrogens with one attached hydrogen (secondary N) is 1. The van der Waals surface area contributed by atoms with Crippen molar-refractivity contribution in [2.45, 2.75) is 4.90 Å². The SMILES string of the molecule is N#C/C(=C\c1ccc(OS(=O)(=O)c2ccc(Cl)cc2)cc1)C(=O)Nc1cccc(Cl)c1. The maximum atomic E-state index is 12.3. The zero-order valence-electron chi connectivity index (χ0n) is 15.7. The highest BCUT2D eigenvalue weighted by atomic mass is 35.5. The number of benzene rings is 3. The average Bonchev–Trinajstić information content (AvgIpc) is 2.73. The molecule has 0 heterocycles. The fourth-order valence-electron chi connectivity index (χ4n) is 2.48. The molecule has 0 unspecified atom stereocenters. The molecule has 0 aliphatic rings. The number of hydrogen-bond donors (Lipinski definition) is 1. The van der Waals surface area contributed by atoms with Crippen LogP contribution in [0, 0.1) is 11.3 Å². The van der Waals surface area contributed by atoms with Crippen molar-refractivity contribution in [3.8, 4) is 11.8 Å². The highest BCUT2D eigenvalue weighted by Gasteiger charge is 2.16. The molecule has 0 saturated heterocycles. The molecule has 0 bridgehead atoms. The van der Waals surface area contributed by atoms with Gasteiger partial charge in [-0.25, -0.2) is 0 Å². The summed E-state index contributed by atoms with van der Waals surface area (Å²) in [7, 11) is -4.02. The lowest BCUT2D eigenvalue weighted by atomic mass is 10.1. The number of nitriles is 1. The normalized spacial score (nSPS) is 11.5. The summed E-state index contributed by atoms with van der Waals surface area (Å²) in [4.78, 5) is 12.3. The molecule has 0 fully saturated rings. The van der Waals surface area contributed by atoms with Crippen LogP contribution >= 0.6 is 23.2 Å². The molecule has 1 amide bonds. The van der Waals surface area contributed by atoms with Gasteiger partial charge in [0.2, 0.25) is 0 Å². The zero-order valence-corrected chi connectivity index (χ0v) is 18.1. The Balaban J connectivity index is 1.73. The molecular formula is C22H14Cl2N2O4S. The van der Waals surface area contributed by atoms with Crippen LogP contribution in [0.2, 0.25) is 10.0 Å². The van der Waals surface area contributed by atoms with Gasteiger partial charge in [-0.3, -0.25) is 4.79 Å². The monoisotopic (exact) mass is 472 g/mol. The van der Waals surface area contributed by atoms with Gasteiger partial charge in [-0.1, -0.05) is 41.4 Å². The van der Waals surface area contributed by atoms with Gasteiger partial charge in [0.1, 0.15) is 22.3 Å². The first-order valence-electron chi connectivity index (χ1n) is 8.76. The third kappa shape index (κ3) is 6.09. The third-order valence-electron chi connectivity index (χ3n) is 3.95. The van der Waals surface area contributed by atoms with E-state index in [0.717, 1.165) is 0 Å². The average molecular weight is 473 g/mol. The molecule has 0 aliphatic heterocycles. The van der Waals surface area contributed by atoms with E-state index in [-0.39, 0.29) is 16.2 Å². The number of nitrogens with zero attached hydrogens (tertiary/aromatic N) is 1. The molecular weight excluding hydrogens is 459 g/mol. The van der Waals surface area contributed by atoms with Gasteiger partial charge in [-0.05, 0) is 66.2 Å². The fourth-order valence-corrected chi connectivity index (χ4v) is 3.72. The minimum Gasteiger partial charge on any atom is -0.379 e. The van der Waals surface area contributed by atoms with Crippen LogP contribution in [0.5, 0.6) is 5.75 Å². The Hall–Kier alpha value is -3.31. The first-order chi connectivity index (χ1) is 14.8. The first kappa shape index (κ1) is 22.4. The minimum atomic E-state index is -4.02. The Morgan fingerprint density at radius 2 is 1.65 bits per heavy atom. The number of anilines is 1. The van der Waals surface area contributed by atoms with E-state index in [4.69, 9.17) is 27.4 Å². The summed E-state index contributed by atoms with van der Waals surface area (Å²) < 4.78 is 29.8. The van der Waals surface area contributed by atoms with Crippen molar-refractivity contribution < 1.29 is 17.4 Å². The highest BCUT2D eigenvalue weighted by molar-refractivity contribution is 7.87. The van der Waals surface area contributed by atoms with Crippen LogP contribution < -0.4 is 9.50 Å². The lowest BCUT2D eigenvalue weighted by Crippen LogP contribution is -2.13. The zero-order chi connectivity index (χ0) is 22.4. The van der Waals surface area contributed by atoms with Crippen molar-refractivity contribution in [3.05, 3.63) is 94.0 Å². The Morgan fingerprint density at radius 3 is 2.26 bits per heavy atom. The molecule has 6 nitrogen and oxygen atoms in total. The predicted molar refractivity (Wildman–Crippen MR) is 119 cm³/mol. The Kier molecular flexibility index (Phi) is 6.98. The summed E-state index contributed by atoms with van der Waals surface area (Å²) in [5.41, 5.74) is 0.825. The van der Waals surface area contributed by atoms with E-state index >= 15 is 0 Å². The molecule has 3 aromatic rings. The molecule has 0 spiro atoms. The van der Waals surface area contributed by atoms with Crippen molar-refractivity contribution in [2.75, 3.05) is 5.32 Å². The van der Waals surface area contributed by atoms with E-state index in [2.05, 4.69) is 5.32 Å². The van der Waals surface area contributed by atoms with Crippen LogP contribution in [0.15, 0.2) is 83.3 Å². The maximum absolute atomic E-state index is 12.3. The number of carbonyl (C=O) groups excluding carboxylic acids is 1. The van der Waals surface area contributed by atoms with Gasteiger partial charge in [0.25, 0.3) is 5.91 Å². The second-order valence-electron chi connectivity index (χ2n) is 6.19. The molecule has 1 N–H and O–H groups in total. The van der Waals surface area contributed by atoms with E-state index in [9.17, 15) is 18.5 Å². The topological polar surface area (TPSA) is 96.3 Å². The quantitative estimate of drug-likeness (QED) is 0.298. The highest BCUT2D eigenvalue weighted by Crippen LogP contribution is 2.22. The van der Waals surface area contributed by atoms with Crippen LogP contribution in [0.3, 0.4) is 0 Å². The second kappa shape index (κ2) is 9.67. The van der Waals surface area contributed by atoms with Crippen LogP contribution in [0.4, 0.5) is 5.69 Å². The van der Waals surface area contributed by atoms with Gasteiger partial charge in [0.15, 0.2) is 0 Å². The molecule has 0 saturated carbocycles. The Bertz CT molecular complexity index is 1280. The summed E-state index contributed by atoms with van der Waals surface area (Å²) in [5.74, 6) is -0.524. The second-order valence-corrected chi connectivity index (χ2v) is 8.61. The molecule has 3 aromatic carbocycles. The van der Waals surface area contributed by atoms with Gasteiger partial charge in [0, 0.05) is 15.7 Å². The van der Waals surface area contributed by atoms with Crippen molar-refractivity contribution in [1.82, 2.24) is 0 Å². The van der Waals surface area contributed by atoms with E-state index < -0.39 is 16.0 Å². The van der Waals surface area contributed by atoms with E-state index in [1.807, 2.05) is 6.07 Å². The van der Waals surface area contributed by atoms with Gasteiger partial charge in [0.05, 0.1) is 0 Å². The van der Waals surface area contributed by atoms with Crippen LogP contribution in [0.1, 0.15) is 5.56 Å². The minimum absolute atomic E-state index is 0.0367. The maximum Gasteiger partial charge on any atom is 0.339 e. The third-order valence-corrected chi connectivity index (χ3v) is 5.70. The Morgan fingerprint density at radius 1 is 0.968 bits per heavy atom. The number of rotatable bonds is 6. The largest absolute Gasteiger partial charge is 0.379 e. The molecule has 0 aromatic heterocycles. The van der Waals surface area contributed by atoms with E-state index in [1.54, 1.807) is 24.3 Å². The summed E-state index contributed by atoms with van der Waals surface area (Å²) in [6, 6.07) is 19.8. The summed E-state index contributed by atoms with van der Waals surface area (Å²) in [5, 5.41) is 12.8. The van der Waals surface area contributed by atoms with Gasteiger partial charge >= 0.3 is 10.1 Å². The van der Waals surface area contributed by atoms with Gasteiger partial charge < -0.3 is 9.50 Å². The predicted octanol–water partition coefficient (Wildman–Crippen LogP) is 5.31. The number of carbonyl (C=O) groups is 1. The van der Waals surface area contributed by atoms with Gasteiger partial charge in [-0.2, -0.15) is 13.7 Å². The van der Waals surface area contributed by atoms with Crippen LogP contribution in [-0.2, 0) is 14.9 Å². The first-order valence-corrected chi connectivity index (χ1v) is 10.9. The molecule has 9 heteroatoms. The molecule has 0 radical (unpaired) electrons. The van der Waals surface area contributed by atoms with Gasteiger partial charge in [-0.15, -0.1) is 0 Å². The molecule has 156 valence electrons. The van der Waals surface area contributed by atoms with E-state index in [1.165, 1.54) is 54.6 Å². The van der Waals surface area contributed by atoms with Crippen molar-refractivity contribution in [2.24, 2.45) is 0 Å². The summed E-state index contributed by atoms with van der Waals surface area (Å²) >= 11 is 11.7. The lowest BCUT2D eigenvalue weighted by Gasteiger charge is -2.07. The summed E-state index contributed by atoms with van der Waals surface area (Å²) in [6.07, 6.45) is 1.37. The van der Waals surface area contributed by atoms with Crippen molar-refractivity contribution in [1.29, 1.82) is 5.26 Å².